The third-order valence-electron chi connectivity index (χ3n) is 2.14. The van der Waals surface area contributed by atoms with Gasteiger partial charge >= 0.3 is 0 Å². The molecule has 1 saturated heterocycles. The third-order valence-corrected chi connectivity index (χ3v) is 2.14. The second-order valence-electron chi connectivity index (χ2n) is 3.15. The Labute approximate surface area is 68.0 Å². The fourth-order valence-corrected chi connectivity index (χ4v) is 1.31. The molecule has 0 radical (unpaired) electrons. The molecule has 0 bridgehead atoms. The lowest BCUT2D eigenvalue weighted by atomic mass is 10.1. The summed E-state index contributed by atoms with van der Waals surface area (Å²) in [7, 11) is 2.05. The molecule has 11 heavy (non-hydrogen) atoms. The number of aliphatic hydroxyl groups is 1. The number of likely N-dealkylation sites (N-methyl/N-ethyl adjacent to an activating group) is 1. The van der Waals surface area contributed by atoms with Crippen molar-refractivity contribution in [1.29, 1.82) is 0 Å². The van der Waals surface area contributed by atoms with Crippen LogP contribution in [0.4, 0.5) is 0 Å². The fourth-order valence-electron chi connectivity index (χ4n) is 1.31. The topological polar surface area (TPSA) is 32.7 Å². The van der Waals surface area contributed by atoms with Crippen molar-refractivity contribution in [3.8, 4) is 0 Å². The molecule has 1 aliphatic heterocycles. The molecule has 66 valence electrons. The molecule has 3 heteroatoms. The van der Waals surface area contributed by atoms with Crippen molar-refractivity contribution in [2.45, 2.75) is 25.6 Å². The summed E-state index contributed by atoms with van der Waals surface area (Å²) in [6, 6.07) is 0. The van der Waals surface area contributed by atoms with E-state index in [1.165, 1.54) is 0 Å². The lowest BCUT2D eigenvalue weighted by Gasteiger charge is -2.32. The Morgan fingerprint density at radius 3 is 3.00 bits per heavy atom. The molecule has 0 aromatic rings. The van der Waals surface area contributed by atoms with E-state index in [0.717, 1.165) is 26.1 Å². The van der Waals surface area contributed by atoms with E-state index in [1.807, 2.05) is 6.92 Å². The molecule has 1 rings (SSSR count). The van der Waals surface area contributed by atoms with Crippen LogP contribution in [0.15, 0.2) is 0 Å². The summed E-state index contributed by atoms with van der Waals surface area (Å²) in [5.41, 5.74) is 0. The predicted octanol–water partition coefficient (Wildman–Crippen LogP) is 0.0879. The first-order valence-electron chi connectivity index (χ1n) is 4.22. The number of ether oxygens (including phenoxy) is 1. The zero-order chi connectivity index (χ0) is 8.27. The summed E-state index contributed by atoms with van der Waals surface area (Å²) in [6.07, 6.45) is 0.509. The van der Waals surface area contributed by atoms with E-state index in [9.17, 15) is 5.11 Å². The highest BCUT2D eigenvalue weighted by Crippen LogP contribution is 2.09. The molecule has 2 unspecified atom stereocenters. The Kier molecular flexibility index (Phi) is 3.30. The van der Waals surface area contributed by atoms with Gasteiger partial charge in [-0.15, -0.1) is 0 Å². The number of hydrogen-bond donors (Lipinski definition) is 1. The third kappa shape index (κ3) is 2.43. The average molecular weight is 159 g/mol. The molecule has 0 aromatic carbocycles. The molecular weight excluding hydrogens is 142 g/mol. The van der Waals surface area contributed by atoms with E-state index in [0.29, 0.717) is 0 Å². The maximum absolute atomic E-state index is 9.45. The van der Waals surface area contributed by atoms with Crippen LogP contribution in [0.1, 0.15) is 13.3 Å². The lowest BCUT2D eigenvalue weighted by Crippen LogP contribution is -2.45. The standard InChI is InChI=1S/C8H17NO2/c1-3-7(10)8-6-9(2)4-5-11-8/h7-8,10H,3-6H2,1-2H3. The van der Waals surface area contributed by atoms with Crippen LogP contribution < -0.4 is 0 Å². The van der Waals surface area contributed by atoms with E-state index in [4.69, 9.17) is 4.74 Å². The normalized spacial score (nSPS) is 30.3. The van der Waals surface area contributed by atoms with Gasteiger partial charge in [-0.1, -0.05) is 6.92 Å². The van der Waals surface area contributed by atoms with E-state index >= 15 is 0 Å². The van der Waals surface area contributed by atoms with Crippen LogP contribution >= 0.6 is 0 Å². The second-order valence-corrected chi connectivity index (χ2v) is 3.15. The van der Waals surface area contributed by atoms with Crippen molar-refractivity contribution in [2.75, 3.05) is 26.7 Å². The maximum Gasteiger partial charge on any atom is 0.0960 e. The number of morpholine rings is 1. The van der Waals surface area contributed by atoms with Crippen LogP contribution in [-0.4, -0.2) is 49.0 Å². The van der Waals surface area contributed by atoms with E-state index < -0.39 is 0 Å². The maximum atomic E-state index is 9.45. The smallest absolute Gasteiger partial charge is 0.0960 e. The first kappa shape index (κ1) is 8.97. The minimum Gasteiger partial charge on any atom is -0.390 e. The van der Waals surface area contributed by atoms with Crippen LogP contribution in [0, 0.1) is 0 Å². The minimum absolute atomic E-state index is 0.0266. The lowest BCUT2D eigenvalue weighted by molar-refractivity contribution is -0.0835. The summed E-state index contributed by atoms with van der Waals surface area (Å²) in [5, 5.41) is 9.45. The van der Waals surface area contributed by atoms with Gasteiger partial charge in [0.1, 0.15) is 0 Å². The Balaban J connectivity index is 2.33. The minimum atomic E-state index is -0.294. The monoisotopic (exact) mass is 159 g/mol. The summed E-state index contributed by atoms with van der Waals surface area (Å²) in [4.78, 5) is 2.19. The Morgan fingerprint density at radius 2 is 2.45 bits per heavy atom. The van der Waals surface area contributed by atoms with E-state index in [2.05, 4.69) is 11.9 Å². The molecule has 1 N–H and O–H groups in total. The van der Waals surface area contributed by atoms with Crippen LogP contribution in [0.5, 0.6) is 0 Å². The van der Waals surface area contributed by atoms with Gasteiger partial charge in [-0.2, -0.15) is 0 Å². The van der Waals surface area contributed by atoms with Crippen molar-refractivity contribution in [3.05, 3.63) is 0 Å². The van der Waals surface area contributed by atoms with E-state index in [1.54, 1.807) is 0 Å². The first-order chi connectivity index (χ1) is 5.24. The molecule has 0 aromatic heterocycles. The van der Waals surface area contributed by atoms with Crippen LogP contribution in [-0.2, 0) is 4.74 Å². The van der Waals surface area contributed by atoms with E-state index in [-0.39, 0.29) is 12.2 Å². The first-order valence-corrected chi connectivity index (χ1v) is 4.22. The number of aliphatic hydroxyl groups excluding tert-OH is 1. The van der Waals surface area contributed by atoms with Crippen LogP contribution in [0.25, 0.3) is 0 Å². The van der Waals surface area contributed by atoms with Gasteiger partial charge in [0.25, 0.3) is 0 Å². The van der Waals surface area contributed by atoms with Gasteiger partial charge in [0.05, 0.1) is 18.8 Å². The quantitative estimate of drug-likeness (QED) is 0.619. The number of rotatable bonds is 2. The van der Waals surface area contributed by atoms with Gasteiger partial charge in [-0.25, -0.2) is 0 Å². The Hall–Kier alpha value is -0.120. The van der Waals surface area contributed by atoms with Crippen molar-refractivity contribution in [2.24, 2.45) is 0 Å². The molecular formula is C8H17NO2. The van der Waals surface area contributed by atoms with Crippen molar-refractivity contribution < 1.29 is 9.84 Å². The molecule has 3 nitrogen and oxygen atoms in total. The highest BCUT2D eigenvalue weighted by molar-refractivity contribution is 4.74. The molecule has 0 spiro atoms. The Bertz CT molecular complexity index is 119. The summed E-state index contributed by atoms with van der Waals surface area (Å²) in [6.45, 7) is 4.56. The molecule has 0 aliphatic carbocycles. The zero-order valence-corrected chi connectivity index (χ0v) is 7.29. The summed E-state index contributed by atoms with van der Waals surface area (Å²) >= 11 is 0. The number of hydrogen-bond acceptors (Lipinski definition) is 3. The fraction of sp³-hybridized carbons (Fsp3) is 1.00. The van der Waals surface area contributed by atoms with Gasteiger partial charge in [0.2, 0.25) is 0 Å². The van der Waals surface area contributed by atoms with Gasteiger partial charge < -0.3 is 14.7 Å². The molecule has 1 aliphatic rings. The largest absolute Gasteiger partial charge is 0.390 e. The molecule has 2 atom stereocenters. The van der Waals surface area contributed by atoms with Crippen molar-refractivity contribution in [3.63, 3.8) is 0 Å². The zero-order valence-electron chi connectivity index (χ0n) is 7.29. The number of nitrogens with zero attached hydrogens (tertiary/aromatic N) is 1. The van der Waals surface area contributed by atoms with Crippen molar-refractivity contribution in [1.82, 2.24) is 4.90 Å². The van der Waals surface area contributed by atoms with Gasteiger partial charge in [-0.3, -0.25) is 0 Å². The molecule has 0 amide bonds. The van der Waals surface area contributed by atoms with Gasteiger partial charge in [0, 0.05) is 13.1 Å². The highest BCUT2D eigenvalue weighted by Gasteiger charge is 2.23. The average Bonchev–Trinajstić information content (AvgIpc) is 2.03. The van der Waals surface area contributed by atoms with Crippen LogP contribution in [0.2, 0.25) is 0 Å². The molecule has 1 heterocycles. The van der Waals surface area contributed by atoms with Gasteiger partial charge in [0.15, 0.2) is 0 Å². The van der Waals surface area contributed by atoms with Gasteiger partial charge in [-0.05, 0) is 13.5 Å². The summed E-state index contributed by atoms with van der Waals surface area (Å²) in [5.74, 6) is 0. The Morgan fingerprint density at radius 1 is 1.73 bits per heavy atom. The summed E-state index contributed by atoms with van der Waals surface area (Å²) < 4.78 is 5.41. The molecule has 0 saturated carbocycles. The SMILES string of the molecule is CCC(O)C1CN(C)CCO1. The highest BCUT2D eigenvalue weighted by atomic mass is 16.5. The van der Waals surface area contributed by atoms with Crippen molar-refractivity contribution >= 4 is 0 Å². The second kappa shape index (κ2) is 4.04. The van der Waals surface area contributed by atoms with Crippen LogP contribution in [0.3, 0.4) is 0 Å². The predicted molar refractivity (Wildman–Crippen MR) is 43.5 cm³/mol. The molecule has 1 fully saturated rings.